The number of nitrogens with zero attached hydrogens (tertiary/aromatic N) is 1. The van der Waals surface area contributed by atoms with Crippen molar-refractivity contribution in [2.75, 3.05) is 6.54 Å². The van der Waals surface area contributed by atoms with Crippen molar-refractivity contribution >= 4 is 11.8 Å². The maximum absolute atomic E-state index is 12.3. The van der Waals surface area contributed by atoms with Crippen LogP contribution >= 0.6 is 0 Å². The van der Waals surface area contributed by atoms with Crippen LogP contribution in [-0.4, -0.2) is 23.3 Å². The van der Waals surface area contributed by atoms with Crippen molar-refractivity contribution in [1.82, 2.24) is 4.90 Å². The molecular weight excluding hydrogens is 322 g/mol. The van der Waals surface area contributed by atoms with Crippen LogP contribution in [0.4, 0.5) is 0 Å². The highest BCUT2D eigenvalue weighted by Gasteiger charge is 2.34. The van der Waals surface area contributed by atoms with Gasteiger partial charge in [-0.2, -0.15) is 0 Å². The maximum atomic E-state index is 12.3. The average Bonchev–Trinajstić information content (AvgIpc) is 2.92. The first kappa shape index (κ1) is 18.4. The fraction of sp³-hybridized carbons (Fsp3) is 0.391. The second kappa shape index (κ2) is 9.33. The van der Waals surface area contributed by atoms with Crippen LogP contribution in [0.3, 0.4) is 0 Å². The van der Waals surface area contributed by atoms with Gasteiger partial charge in [-0.15, -0.1) is 0 Å². The van der Waals surface area contributed by atoms with Crippen LogP contribution in [0.2, 0.25) is 0 Å². The van der Waals surface area contributed by atoms with Gasteiger partial charge in [0.15, 0.2) is 0 Å². The average molecular weight is 349 g/mol. The van der Waals surface area contributed by atoms with Crippen molar-refractivity contribution in [3.05, 3.63) is 71.3 Å². The van der Waals surface area contributed by atoms with Gasteiger partial charge in [-0.05, 0) is 37.0 Å². The molecule has 136 valence electrons. The van der Waals surface area contributed by atoms with Gasteiger partial charge in [-0.1, -0.05) is 74.6 Å². The van der Waals surface area contributed by atoms with Gasteiger partial charge in [-0.25, -0.2) is 0 Å². The number of hydrogen-bond donors (Lipinski definition) is 0. The van der Waals surface area contributed by atoms with E-state index in [1.54, 1.807) is 12.1 Å². The van der Waals surface area contributed by atoms with Gasteiger partial charge in [-0.3, -0.25) is 14.5 Å². The van der Waals surface area contributed by atoms with E-state index in [9.17, 15) is 9.59 Å². The van der Waals surface area contributed by atoms with Crippen LogP contribution in [0.15, 0.2) is 54.6 Å². The number of fused-ring (bicyclic) bond motifs is 1. The number of imide groups is 1. The van der Waals surface area contributed by atoms with Gasteiger partial charge in [0.2, 0.25) is 0 Å². The van der Waals surface area contributed by atoms with Crippen LogP contribution in [0.5, 0.6) is 0 Å². The Labute approximate surface area is 156 Å². The predicted octanol–water partition coefficient (Wildman–Crippen LogP) is 5.26. The second-order valence-corrected chi connectivity index (χ2v) is 7.02. The molecule has 0 N–H and O–H groups in total. The first-order valence-electron chi connectivity index (χ1n) is 9.76. The van der Waals surface area contributed by atoms with Crippen molar-refractivity contribution in [1.29, 1.82) is 0 Å². The largest absolute Gasteiger partial charge is 0.274 e. The Morgan fingerprint density at radius 3 is 1.69 bits per heavy atom. The summed E-state index contributed by atoms with van der Waals surface area (Å²) in [4.78, 5) is 25.9. The van der Waals surface area contributed by atoms with E-state index in [4.69, 9.17) is 0 Å². The van der Waals surface area contributed by atoms with Gasteiger partial charge in [0.1, 0.15) is 0 Å². The molecule has 0 spiro atoms. The fourth-order valence-corrected chi connectivity index (χ4v) is 3.57. The van der Waals surface area contributed by atoms with Crippen molar-refractivity contribution in [3.63, 3.8) is 0 Å². The van der Waals surface area contributed by atoms with E-state index in [1.165, 1.54) is 49.0 Å². The molecule has 3 rings (SSSR count). The zero-order valence-corrected chi connectivity index (χ0v) is 15.3. The topological polar surface area (TPSA) is 37.4 Å². The summed E-state index contributed by atoms with van der Waals surface area (Å²) in [6, 6.07) is 17.8. The first-order valence-corrected chi connectivity index (χ1v) is 9.76. The highest BCUT2D eigenvalue weighted by Crippen LogP contribution is 2.23. The fourth-order valence-electron chi connectivity index (χ4n) is 3.57. The summed E-state index contributed by atoms with van der Waals surface area (Å²) in [5.41, 5.74) is 2.53. The van der Waals surface area contributed by atoms with Gasteiger partial charge in [0.05, 0.1) is 11.1 Å². The SMILES string of the molecule is O=C1c2ccccc2C(=O)N1CCCCCCCCCc1ccccc1. The number of unbranched alkanes of at least 4 members (excludes halogenated alkanes) is 6. The molecule has 0 saturated heterocycles. The standard InChI is InChI=1S/C23H27NO2/c25-22-20-16-10-11-17-21(20)23(26)24(22)18-12-5-3-1-2-4-7-13-19-14-8-6-9-15-19/h6,8-11,14-17H,1-5,7,12-13,18H2. The number of rotatable bonds is 10. The number of benzene rings is 2. The number of hydrogen-bond acceptors (Lipinski definition) is 2. The molecule has 0 fully saturated rings. The van der Waals surface area contributed by atoms with E-state index in [0.717, 1.165) is 12.8 Å². The van der Waals surface area contributed by atoms with Crippen LogP contribution in [0.25, 0.3) is 0 Å². The zero-order valence-electron chi connectivity index (χ0n) is 15.3. The quantitative estimate of drug-likeness (QED) is 0.433. The molecule has 26 heavy (non-hydrogen) atoms. The van der Waals surface area contributed by atoms with E-state index < -0.39 is 0 Å². The normalized spacial score (nSPS) is 13.3. The minimum Gasteiger partial charge on any atom is -0.274 e. The molecule has 0 aliphatic carbocycles. The minimum absolute atomic E-state index is 0.133. The van der Waals surface area contributed by atoms with E-state index in [1.807, 2.05) is 12.1 Å². The predicted molar refractivity (Wildman–Crippen MR) is 104 cm³/mol. The molecule has 0 saturated carbocycles. The molecular formula is C23H27NO2. The summed E-state index contributed by atoms with van der Waals surface area (Å²) >= 11 is 0. The Kier molecular flexibility index (Phi) is 6.59. The van der Waals surface area contributed by atoms with Crippen molar-refractivity contribution < 1.29 is 9.59 Å². The Morgan fingerprint density at radius 2 is 1.08 bits per heavy atom. The van der Waals surface area contributed by atoms with Crippen LogP contribution in [-0.2, 0) is 6.42 Å². The molecule has 0 unspecified atom stereocenters. The lowest BCUT2D eigenvalue weighted by Gasteiger charge is -2.13. The third-order valence-electron chi connectivity index (χ3n) is 5.07. The molecule has 3 heteroatoms. The minimum atomic E-state index is -0.133. The summed E-state index contributed by atoms with van der Waals surface area (Å²) in [6.07, 6.45) is 9.33. The Morgan fingerprint density at radius 1 is 0.577 bits per heavy atom. The van der Waals surface area contributed by atoms with E-state index in [2.05, 4.69) is 30.3 Å². The monoisotopic (exact) mass is 349 g/mol. The van der Waals surface area contributed by atoms with Gasteiger partial charge >= 0.3 is 0 Å². The third kappa shape index (κ3) is 4.60. The summed E-state index contributed by atoms with van der Waals surface area (Å²) in [6.45, 7) is 0.542. The molecule has 2 aromatic rings. The van der Waals surface area contributed by atoms with Crippen LogP contribution < -0.4 is 0 Å². The van der Waals surface area contributed by atoms with Gasteiger partial charge in [0, 0.05) is 6.54 Å². The van der Waals surface area contributed by atoms with Crippen LogP contribution in [0.1, 0.15) is 71.2 Å². The highest BCUT2D eigenvalue weighted by atomic mass is 16.2. The molecule has 2 aromatic carbocycles. The number of amides is 2. The number of aryl methyl sites for hydroxylation is 1. The highest BCUT2D eigenvalue weighted by molar-refractivity contribution is 6.21. The van der Waals surface area contributed by atoms with E-state index in [-0.39, 0.29) is 11.8 Å². The summed E-state index contributed by atoms with van der Waals surface area (Å²) in [7, 11) is 0. The van der Waals surface area contributed by atoms with Gasteiger partial charge < -0.3 is 0 Å². The third-order valence-corrected chi connectivity index (χ3v) is 5.07. The molecule has 2 amide bonds. The lowest BCUT2D eigenvalue weighted by molar-refractivity contribution is 0.0651. The molecule has 0 atom stereocenters. The number of carbonyl (C=O) groups is 2. The zero-order chi connectivity index (χ0) is 18.2. The molecule has 3 nitrogen and oxygen atoms in total. The maximum Gasteiger partial charge on any atom is 0.261 e. The van der Waals surface area contributed by atoms with Gasteiger partial charge in [0.25, 0.3) is 11.8 Å². The molecule has 1 aliphatic rings. The lowest BCUT2D eigenvalue weighted by atomic mass is 10.0. The van der Waals surface area contributed by atoms with E-state index >= 15 is 0 Å². The Hall–Kier alpha value is -2.42. The summed E-state index contributed by atoms with van der Waals surface area (Å²) in [5, 5.41) is 0. The smallest absolute Gasteiger partial charge is 0.261 e. The van der Waals surface area contributed by atoms with Crippen molar-refractivity contribution in [3.8, 4) is 0 Å². The van der Waals surface area contributed by atoms with Crippen molar-refractivity contribution in [2.45, 2.75) is 51.4 Å². The number of carbonyl (C=O) groups excluding carboxylic acids is 2. The lowest BCUT2D eigenvalue weighted by Crippen LogP contribution is -2.30. The Bertz CT molecular complexity index is 704. The first-order chi connectivity index (χ1) is 12.8. The molecule has 0 bridgehead atoms. The molecule has 0 aromatic heterocycles. The summed E-state index contributed by atoms with van der Waals surface area (Å²) in [5.74, 6) is -0.266. The van der Waals surface area contributed by atoms with Crippen molar-refractivity contribution in [2.24, 2.45) is 0 Å². The summed E-state index contributed by atoms with van der Waals surface area (Å²) < 4.78 is 0. The van der Waals surface area contributed by atoms with E-state index in [0.29, 0.717) is 17.7 Å². The molecule has 1 aliphatic heterocycles. The Balaban J connectivity index is 1.25. The van der Waals surface area contributed by atoms with Crippen LogP contribution in [0, 0.1) is 0 Å². The molecule has 0 radical (unpaired) electrons. The second-order valence-electron chi connectivity index (χ2n) is 7.02. The molecule has 1 heterocycles.